The van der Waals surface area contributed by atoms with Crippen LogP contribution in [0, 0.1) is 12.8 Å². The molecule has 0 unspecified atom stereocenters. The van der Waals surface area contributed by atoms with Crippen molar-refractivity contribution in [1.29, 1.82) is 0 Å². The largest absolute Gasteiger partial charge is 0.356 e. The number of hydrogen-bond donors (Lipinski definition) is 0. The second-order valence-electron chi connectivity index (χ2n) is 8.13. The van der Waals surface area contributed by atoms with Gasteiger partial charge >= 0.3 is 0 Å². The van der Waals surface area contributed by atoms with Crippen molar-refractivity contribution in [2.24, 2.45) is 5.92 Å². The predicted molar refractivity (Wildman–Crippen MR) is 98.8 cm³/mol. The van der Waals surface area contributed by atoms with Crippen LogP contribution in [0.2, 0.25) is 0 Å². The van der Waals surface area contributed by atoms with Crippen molar-refractivity contribution in [3.63, 3.8) is 0 Å². The molecule has 0 radical (unpaired) electrons. The van der Waals surface area contributed by atoms with Gasteiger partial charge in [-0.1, -0.05) is 5.21 Å². The van der Waals surface area contributed by atoms with E-state index in [1.807, 2.05) is 19.2 Å². The lowest BCUT2D eigenvalue weighted by Crippen LogP contribution is -2.35. The minimum atomic E-state index is 0.450. The molecule has 2 bridgehead atoms. The normalized spacial score (nSPS) is 26.7. The highest BCUT2D eigenvalue weighted by atomic mass is 15.4. The minimum Gasteiger partial charge on any atom is -0.356 e. The quantitative estimate of drug-likeness (QED) is 0.840. The minimum absolute atomic E-state index is 0.450. The summed E-state index contributed by atoms with van der Waals surface area (Å²) in [5, 5.41) is 8.92. The van der Waals surface area contributed by atoms with Crippen LogP contribution < -0.4 is 4.90 Å². The van der Waals surface area contributed by atoms with Crippen LogP contribution in [0.1, 0.15) is 49.7 Å². The molecule has 1 aliphatic carbocycles. The Morgan fingerprint density at radius 2 is 2.00 bits per heavy atom. The van der Waals surface area contributed by atoms with Gasteiger partial charge in [0, 0.05) is 38.4 Å². The maximum absolute atomic E-state index is 4.55. The van der Waals surface area contributed by atoms with Gasteiger partial charge < -0.3 is 4.90 Å². The number of aryl methyl sites for hydroxylation is 1. The Labute approximate surface area is 154 Å². The van der Waals surface area contributed by atoms with Gasteiger partial charge in [-0.3, -0.25) is 4.90 Å². The molecule has 1 saturated carbocycles. The molecule has 26 heavy (non-hydrogen) atoms. The Morgan fingerprint density at radius 1 is 1.12 bits per heavy atom. The fourth-order valence-corrected chi connectivity index (χ4v) is 4.97. The molecule has 2 atom stereocenters. The number of piperidine rings is 2. The van der Waals surface area contributed by atoms with Crippen molar-refractivity contribution in [2.75, 3.05) is 24.5 Å². The van der Waals surface area contributed by atoms with Crippen molar-refractivity contribution < 1.29 is 0 Å². The van der Waals surface area contributed by atoms with E-state index >= 15 is 0 Å². The number of rotatable bonds is 4. The summed E-state index contributed by atoms with van der Waals surface area (Å²) in [6, 6.07) is 3.25. The third-order valence-corrected chi connectivity index (χ3v) is 6.37. The van der Waals surface area contributed by atoms with Crippen LogP contribution >= 0.6 is 0 Å². The van der Waals surface area contributed by atoms with Crippen LogP contribution in [0.5, 0.6) is 0 Å². The third-order valence-electron chi connectivity index (χ3n) is 6.37. The lowest BCUT2D eigenvalue weighted by atomic mass is 10.1. The molecule has 2 aromatic rings. The lowest BCUT2D eigenvalue weighted by Gasteiger charge is -2.32. The van der Waals surface area contributed by atoms with E-state index in [2.05, 4.69) is 41.0 Å². The first-order valence-corrected chi connectivity index (χ1v) is 9.94. The van der Waals surface area contributed by atoms with Gasteiger partial charge in [0.2, 0.25) is 0 Å². The molecule has 2 aromatic heterocycles. The molecule has 0 N–H and O–H groups in total. The highest BCUT2D eigenvalue weighted by Gasteiger charge is 2.37. The molecule has 0 aromatic carbocycles. The van der Waals surface area contributed by atoms with E-state index in [0.717, 1.165) is 61.8 Å². The van der Waals surface area contributed by atoms with Gasteiger partial charge in [-0.2, -0.15) is 0 Å². The molecule has 2 saturated heterocycles. The van der Waals surface area contributed by atoms with Gasteiger partial charge in [0.1, 0.15) is 11.6 Å². The number of anilines is 1. The van der Waals surface area contributed by atoms with Crippen molar-refractivity contribution in [3.8, 4) is 0 Å². The zero-order valence-electron chi connectivity index (χ0n) is 15.5. The Kier molecular flexibility index (Phi) is 4.11. The van der Waals surface area contributed by atoms with E-state index < -0.39 is 0 Å². The molecule has 0 amide bonds. The van der Waals surface area contributed by atoms with Crippen LogP contribution in [0.3, 0.4) is 0 Å². The summed E-state index contributed by atoms with van der Waals surface area (Å²) in [6.45, 7) is 6.19. The molecule has 0 spiro atoms. The first-order valence-electron chi connectivity index (χ1n) is 9.94. The lowest BCUT2D eigenvalue weighted by molar-refractivity contribution is 0.203. The van der Waals surface area contributed by atoms with Gasteiger partial charge in [0.25, 0.3) is 0 Å². The monoisotopic (exact) mass is 353 g/mol. The summed E-state index contributed by atoms with van der Waals surface area (Å²) in [5.74, 6) is 2.81. The van der Waals surface area contributed by atoms with Crippen molar-refractivity contribution in [1.82, 2.24) is 29.9 Å². The summed E-state index contributed by atoms with van der Waals surface area (Å²) in [4.78, 5) is 13.7. The summed E-state index contributed by atoms with van der Waals surface area (Å²) in [7, 11) is 0. The van der Waals surface area contributed by atoms with Crippen molar-refractivity contribution in [2.45, 2.75) is 57.7 Å². The fraction of sp³-hybridized carbons (Fsp3) is 0.684. The molecule has 3 fully saturated rings. The van der Waals surface area contributed by atoms with E-state index in [1.165, 1.54) is 25.8 Å². The van der Waals surface area contributed by atoms with Gasteiger partial charge in [-0.15, -0.1) is 5.10 Å². The number of nitrogens with zero attached hydrogens (tertiary/aromatic N) is 7. The smallest absolute Gasteiger partial charge is 0.132 e. The molecule has 4 heterocycles. The van der Waals surface area contributed by atoms with Crippen LogP contribution in [0.15, 0.2) is 18.5 Å². The van der Waals surface area contributed by atoms with Crippen molar-refractivity contribution in [3.05, 3.63) is 30.0 Å². The highest BCUT2D eigenvalue weighted by Crippen LogP contribution is 2.38. The summed E-state index contributed by atoms with van der Waals surface area (Å²) >= 11 is 0. The molecule has 2 aliphatic heterocycles. The van der Waals surface area contributed by atoms with Gasteiger partial charge in [-0.25, -0.2) is 14.6 Å². The predicted octanol–water partition coefficient (Wildman–Crippen LogP) is 2.20. The summed E-state index contributed by atoms with van der Waals surface area (Å²) in [5.41, 5.74) is 1.13. The SMILES string of the molecule is Cc1nccc(N2CCC(n3cc(CN4C[C@H]5CC[C@H]4C5)nn3)CC2)n1. The first-order chi connectivity index (χ1) is 12.7. The Morgan fingerprint density at radius 3 is 2.73 bits per heavy atom. The maximum Gasteiger partial charge on any atom is 0.132 e. The second-order valence-corrected chi connectivity index (χ2v) is 8.13. The molecular weight excluding hydrogens is 326 g/mol. The fourth-order valence-electron chi connectivity index (χ4n) is 4.97. The van der Waals surface area contributed by atoms with Gasteiger partial charge in [0.05, 0.1) is 17.9 Å². The zero-order chi connectivity index (χ0) is 17.5. The average Bonchev–Trinajstić information content (AvgIpc) is 3.39. The van der Waals surface area contributed by atoms with Gasteiger partial charge in [-0.05, 0) is 51.0 Å². The van der Waals surface area contributed by atoms with E-state index in [0.29, 0.717) is 6.04 Å². The summed E-state index contributed by atoms with van der Waals surface area (Å²) < 4.78 is 2.10. The number of likely N-dealkylation sites (tertiary alicyclic amines) is 1. The maximum atomic E-state index is 4.55. The van der Waals surface area contributed by atoms with Crippen molar-refractivity contribution >= 4 is 5.82 Å². The van der Waals surface area contributed by atoms with E-state index in [1.54, 1.807) is 0 Å². The zero-order valence-corrected chi connectivity index (χ0v) is 15.5. The second kappa shape index (κ2) is 6.61. The Hall–Kier alpha value is -2.02. The molecule has 5 rings (SSSR count). The highest BCUT2D eigenvalue weighted by molar-refractivity contribution is 5.37. The van der Waals surface area contributed by atoms with Crippen LogP contribution in [-0.4, -0.2) is 55.5 Å². The third kappa shape index (κ3) is 3.09. The molecule has 7 heteroatoms. The average molecular weight is 353 g/mol. The van der Waals surface area contributed by atoms with Crippen LogP contribution in [0.4, 0.5) is 5.82 Å². The first kappa shape index (κ1) is 16.2. The van der Waals surface area contributed by atoms with E-state index in [4.69, 9.17) is 0 Å². The van der Waals surface area contributed by atoms with Crippen LogP contribution in [-0.2, 0) is 6.54 Å². The molecular formula is C19H27N7. The van der Waals surface area contributed by atoms with E-state index in [9.17, 15) is 0 Å². The Balaban J connectivity index is 1.19. The molecule has 3 aliphatic rings. The van der Waals surface area contributed by atoms with Gasteiger partial charge in [0.15, 0.2) is 0 Å². The summed E-state index contributed by atoms with van der Waals surface area (Å²) in [6.07, 6.45) is 10.4. The molecule has 138 valence electrons. The number of hydrogen-bond acceptors (Lipinski definition) is 6. The standard InChI is InChI=1S/C19H27N7/c1-14-20-7-4-19(21-14)24-8-5-17(6-9-24)26-13-16(22-23-26)12-25-11-15-2-3-18(25)10-15/h4,7,13,15,17-18H,2-3,5-6,8-12H2,1H3/t15-,18-/m0/s1. The molecule has 7 nitrogen and oxygen atoms in total. The van der Waals surface area contributed by atoms with Crippen LogP contribution in [0.25, 0.3) is 0 Å². The van der Waals surface area contributed by atoms with E-state index in [-0.39, 0.29) is 0 Å². The number of fused-ring (bicyclic) bond motifs is 2. The number of aromatic nitrogens is 5. The topological polar surface area (TPSA) is 63.0 Å². The Bertz CT molecular complexity index is 765.